The van der Waals surface area contributed by atoms with E-state index in [4.69, 9.17) is 4.74 Å². The maximum atomic E-state index is 12.2. The minimum Gasteiger partial charge on any atom is -0.490 e. The summed E-state index contributed by atoms with van der Waals surface area (Å²) in [7, 11) is 0. The molecule has 0 fully saturated rings. The van der Waals surface area contributed by atoms with E-state index in [2.05, 4.69) is 17.1 Å². The smallest absolute Gasteiger partial charge is 0.251 e. The first-order chi connectivity index (χ1) is 13.5. The molecule has 28 heavy (non-hydrogen) atoms. The number of rotatable bonds is 4. The maximum Gasteiger partial charge on any atom is 0.251 e. The molecule has 0 saturated carbocycles. The summed E-state index contributed by atoms with van der Waals surface area (Å²) in [6.07, 6.45) is 3.17. The van der Waals surface area contributed by atoms with E-state index in [1.54, 1.807) is 0 Å². The summed E-state index contributed by atoms with van der Waals surface area (Å²) in [5.41, 5.74) is 2.94. The van der Waals surface area contributed by atoms with Gasteiger partial charge in [0.15, 0.2) is 0 Å². The summed E-state index contributed by atoms with van der Waals surface area (Å²) in [6, 6.07) is 18.5. The molecule has 142 valence electrons. The van der Waals surface area contributed by atoms with Gasteiger partial charge < -0.3 is 9.72 Å². The predicted molar refractivity (Wildman–Crippen MR) is 111 cm³/mol. The Morgan fingerprint density at radius 1 is 1.25 bits per heavy atom. The average molecular weight is 372 g/mol. The zero-order valence-electron chi connectivity index (χ0n) is 16.3. The molecule has 2 heterocycles. The van der Waals surface area contributed by atoms with E-state index < -0.39 is 5.41 Å². The zero-order valence-corrected chi connectivity index (χ0v) is 16.3. The Balaban J connectivity index is 1.64. The molecule has 2 aromatic carbocycles. The van der Waals surface area contributed by atoms with Crippen molar-refractivity contribution in [2.24, 2.45) is 0 Å². The van der Waals surface area contributed by atoms with Crippen LogP contribution in [0.5, 0.6) is 5.75 Å². The molecule has 1 N–H and O–H groups in total. The molecule has 0 amide bonds. The number of nitriles is 1. The Hall–Kier alpha value is -3.06. The topological polar surface area (TPSA) is 65.9 Å². The summed E-state index contributed by atoms with van der Waals surface area (Å²) in [5.74, 6) is 0.925. The van der Waals surface area contributed by atoms with Crippen LogP contribution in [0, 0.1) is 11.3 Å². The van der Waals surface area contributed by atoms with Crippen molar-refractivity contribution in [1.82, 2.24) is 4.98 Å². The van der Waals surface area contributed by atoms with Crippen LogP contribution in [-0.4, -0.2) is 11.1 Å². The van der Waals surface area contributed by atoms with E-state index in [0.29, 0.717) is 12.8 Å². The number of aromatic nitrogens is 1. The minimum absolute atomic E-state index is 0.00300. The van der Waals surface area contributed by atoms with Crippen LogP contribution in [0.25, 0.3) is 10.9 Å². The van der Waals surface area contributed by atoms with Crippen molar-refractivity contribution < 1.29 is 4.74 Å². The zero-order chi connectivity index (χ0) is 19.7. The van der Waals surface area contributed by atoms with E-state index in [0.717, 1.165) is 40.6 Å². The maximum absolute atomic E-state index is 12.2. The standard InChI is InChI=1S/C24H24N2O2/c1-3-16-12-18-8-10-19(13-21(18)26-23(16)27)24(2,15-25)14-20-11-9-17-6-4-5-7-22(17)28-20/h4-8,10,12-13,20H,3,9,11,14H2,1-2H3,(H,26,27)/t20-,24?/m1/s1. The molecule has 1 aliphatic rings. The van der Waals surface area contributed by atoms with Gasteiger partial charge in [-0.25, -0.2) is 0 Å². The number of H-pyrrole nitrogens is 1. The summed E-state index contributed by atoms with van der Waals surface area (Å²) >= 11 is 0. The molecule has 4 nitrogen and oxygen atoms in total. The Kier molecular flexibility index (Phi) is 4.68. The van der Waals surface area contributed by atoms with Crippen molar-refractivity contribution in [2.45, 2.75) is 51.0 Å². The van der Waals surface area contributed by atoms with Crippen LogP contribution in [0.3, 0.4) is 0 Å². The number of pyridine rings is 1. The number of ether oxygens (including phenoxy) is 1. The Morgan fingerprint density at radius 2 is 2.07 bits per heavy atom. The second kappa shape index (κ2) is 7.16. The summed E-state index contributed by atoms with van der Waals surface area (Å²) in [5, 5.41) is 11.0. The molecule has 0 radical (unpaired) electrons. The van der Waals surface area contributed by atoms with Gasteiger partial charge in [0.25, 0.3) is 5.56 Å². The van der Waals surface area contributed by atoms with Crippen molar-refractivity contribution in [1.29, 1.82) is 5.26 Å². The quantitative estimate of drug-likeness (QED) is 0.724. The van der Waals surface area contributed by atoms with Gasteiger partial charge in [0.1, 0.15) is 11.9 Å². The summed E-state index contributed by atoms with van der Waals surface area (Å²) in [6.45, 7) is 3.93. The van der Waals surface area contributed by atoms with Gasteiger partial charge in [0.2, 0.25) is 0 Å². The highest BCUT2D eigenvalue weighted by Gasteiger charge is 2.33. The SMILES string of the molecule is CCc1cc2ccc(C(C)(C#N)C[C@H]3CCc4ccccc4O3)cc2[nH]c1=O. The number of fused-ring (bicyclic) bond motifs is 2. The van der Waals surface area contributed by atoms with Gasteiger partial charge in [-0.3, -0.25) is 4.79 Å². The molecule has 1 unspecified atom stereocenters. The van der Waals surface area contributed by atoms with Crippen LogP contribution in [0.15, 0.2) is 53.3 Å². The monoisotopic (exact) mass is 372 g/mol. The molecule has 4 heteroatoms. The number of para-hydroxylation sites is 1. The van der Waals surface area contributed by atoms with Gasteiger partial charge in [0.05, 0.1) is 11.5 Å². The molecule has 1 aromatic heterocycles. The van der Waals surface area contributed by atoms with Crippen molar-refractivity contribution in [3.8, 4) is 11.8 Å². The predicted octanol–water partition coefficient (Wildman–Crippen LogP) is 4.66. The van der Waals surface area contributed by atoms with E-state index >= 15 is 0 Å². The van der Waals surface area contributed by atoms with Crippen LogP contribution in [0.4, 0.5) is 0 Å². The number of nitrogens with one attached hydrogen (secondary N) is 1. The lowest BCUT2D eigenvalue weighted by molar-refractivity contribution is 0.146. The number of hydrogen-bond acceptors (Lipinski definition) is 3. The molecule has 0 aliphatic carbocycles. The molecule has 3 aromatic rings. The lowest BCUT2D eigenvalue weighted by Gasteiger charge is -2.32. The fourth-order valence-corrected chi connectivity index (χ4v) is 4.06. The number of aromatic amines is 1. The second-order valence-electron chi connectivity index (χ2n) is 7.81. The summed E-state index contributed by atoms with van der Waals surface area (Å²) in [4.78, 5) is 15.2. The highest BCUT2D eigenvalue weighted by Crippen LogP contribution is 2.35. The highest BCUT2D eigenvalue weighted by atomic mass is 16.5. The Morgan fingerprint density at radius 3 is 2.86 bits per heavy atom. The van der Waals surface area contributed by atoms with Crippen molar-refractivity contribution >= 4 is 10.9 Å². The first kappa shape index (κ1) is 18.3. The van der Waals surface area contributed by atoms with Gasteiger partial charge in [-0.2, -0.15) is 5.26 Å². The van der Waals surface area contributed by atoms with E-state index in [9.17, 15) is 10.1 Å². The normalized spacial score (nSPS) is 18.0. The van der Waals surface area contributed by atoms with Gasteiger partial charge in [-0.05, 0) is 60.9 Å². The Bertz CT molecular complexity index is 1130. The van der Waals surface area contributed by atoms with Gasteiger partial charge in [-0.15, -0.1) is 0 Å². The third kappa shape index (κ3) is 3.29. The van der Waals surface area contributed by atoms with Crippen LogP contribution >= 0.6 is 0 Å². The van der Waals surface area contributed by atoms with Crippen LogP contribution in [0.1, 0.15) is 43.4 Å². The van der Waals surface area contributed by atoms with Gasteiger partial charge in [-0.1, -0.05) is 37.3 Å². The van der Waals surface area contributed by atoms with Crippen LogP contribution in [-0.2, 0) is 18.3 Å². The van der Waals surface area contributed by atoms with Crippen LogP contribution in [0.2, 0.25) is 0 Å². The fourth-order valence-electron chi connectivity index (χ4n) is 4.06. The Labute approximate surface area is 164 Å². The van der Waals surface area contributed by atoms with Crippen molar-refractivity contribution in [2.75, 3.05) is 0 Å². The largest absolute Gasteiger partial charge is 0.490 e. The molecule has 1 aliphatic heterocycles. The van der Waals surface area contributed by atoms with E-state index in [-0.39, 0.29) is 11.7 Å². The van der Waals surface area contributed by atoms with Crippen molar-refractivity contribution in [3.05, 3.63) is 75.6 Å². The molecule has 2 atom stereocenters. The van der Waals surface area contributed by atoms with Gasteiger partial charge in [0, 0.05) is 17.5 Å². The third-order valence-electron chi connectivity index (χ3n) is 5.83. The van der Waals surface area contributed by atoms with E-state index in [1.807, 2.05) is 56.3 Å². The number of benzene rings is 2. The second-order valence-corrected chi connectivity index (χ2v) is 7.81. The minimum atomic E-state index is -0.689. The molecule has 0 spiro atoms. The average Bonchev–Trinajstić information content (AvgIpc) is 2.72. The molecule has 4 rings (SSSR count). The molecular weight excluding hydrogens is 348 g/mol. The van der Waals surface area contributed by atoms with E-state index in [1.165, 1.54) is 5.56 Å². The summed E-state index contributed by atoms with van der Waals surface area (Å²) < 4.78 is 6.18. The van der Waals surface area contributed by atoms with Crippen LogP contribution < -0.4 is 10.3 Å². The molecular formula is C24H24N2O2. The fraction of sp³-hybridized carbons (Fsp3) is 0.333. The lowest BCUT2D eigenvalue weighted by atomic mass is 9.77. The van der Waals surface area contributed by atoms with Gasteiger partial charge >= 0.3 is 0 Å². The first-order valence-electron chi connectivity index (χ1n) is 9.84. The molecule has 0 saturated heterocycles. The number of aryl methyl sites for hydroxylation is 2. The number of hydrogen-bond donors (Lipinski definition) is 1. The third-order valence-corrected chi connectivity index (χ3v) is 5.83. The number of nitrogens with zero attached hydrogens (tertiary/aromatic N) is 1. The highest BCUT2D eigenvalue weighted by molar-refractivity contribution is 5.80. The first-order valence-corrected chi connectivity index (χ1v) is 9.84. The molecule has 0 bridgehead atoms. The lowest BCUT2D eigenvalue weighted by Crippen LogP contribution is -2.32. The van der Waals surface area contributed by atoms with Crippen molar-refractivity contribution in [3.63, 3.8) is 0 Å².